The number of methoxy groups -OCH3 is 1. The number of benzene rings is 2. The van der Waals surface area contributed by atoms with E-state index in [1.54, 1.807) is 38.3 Å². The van der Waals surface area contributed by atoms with Gasteiger partial charge in [0.25, 0.3) is 5.91 Å². The third-order valence-electron chi connectivity index (χ3n) is 3.76. The monoisotopic (exact) mass is 416 g/mol. The van der Waals surface area contributed by atoms with E-state index in [1.165, 1.54) is 11.3 Å². The SMILES string of the molecule is COc1ccc(-c2nnc(NC(=O)c3ccc(NC(=O)[C@@H](C)Cl)cc3)s2)cc1. The number of hydrogen-bond donors (Lipinski definition) is 2. The summed E-state index contributed by atoms with van der Waals surface area (Å²) in [6.07, 6.45) is 0. The number of aromatic nitrogens is 2. The number of rotatable bonds is 6. The van der Waals surface area contributed by atoms with Crippen LogP contribution in [0.2, 0.25) is 0 Å². The Kier molecular flexibility index (Phi) is 6.23. The summed E-state index contributed by atoms with van der Waals surface area (Å²) in [6, 6.07) is 13.9. The van der Waals surface area contributed by atoms with E-state index in [0.29, 0.717) is 21.4 Å². The van der Waals surface area contributed by atoms with Crippen LogP contribution in [0.3, 0.4) is 0 Å². The summed E-state index contributed by atoms with van der Waals surface area (Å²) in [6.45, 7) is 1.58. The second-order valence-electron chi connectivity index (χ2n) is 5.78. The topological polar surface area (TPSA) is 93.2 Å². The maximum atomic E-state index is 12.4. The standard InChI is InChI=1S/C19H17ClN4O3S/c1-11(20)16(25)21-14-7-3-12(4-8-14)17(26)22-19-24-23-18(28-19)13-5-9-15(27-2)10-6-13/h3-11H,1-2H3,(H,21,25)(H,22,24,26)/t11-/m1/s1. The molecule has 1 aromatic heterocycles. The van der Waals surface area contributed by atoms with Crippen molar-refractivity contribution in [1.82, 2.24) is 10.2 Å². The molecule has 3 rings (SSSR count). The van der Waals surface area contributed by atoms with Gasteiger partial charge in [-0.3, -0.25) is 14.9 Å². The van der Waals surface area contributed by atoms with Crippen molar-refractivity contribution in [2.75, 3.05) is 17.7 Å². The molecule has 28 heavy (non-hydrogen) atoms. The fraction of sp³-hybridized carbons (Fsp3) is 0.158. The summed E-state index contributed by atoms with van der Waals surface area (Å²) in [5, 5.41) is 13.9. The largest absolute Gasteiger partial charge is 0.497 e. The Morgan fingerprint density at radius 1 is 1.04 bits per heavy atom. The minimum absolute atomic E-state index is 0.307. The average Bonchev–Trinajstić information content (AvgIpc) is 3.17. The molecule has 2 aromatic carbocycles. The molecule has 0 aliphatic carbocycles. The first-order valence-electron chi connectivity index (χ1n) is 8.30. The number of nitrogens with one attached hydrogen (secondary N) is 2. The van der Waals surface area contributed by atoms with E-state index >= 15 is 0 Å². The molecular weight excluding hydrogens is 400 g/mol. The van der Waals surface area contributed by atoms with Crippen LogP contribution in [-0.4, -0.2) is 34.5 Å². The van der Waals surface area contributed by atoms with E-state index in [0.717, 1.165) is 11.3 Å². The van der Waals surface area contributed by atoms with Gasteiger partial charge in [0.05, 0.1) is 7.11 Å². The van der Waals surface area contributed by atoms with E-state index < -0.39 is 5.38 Å². The Hall–Kier alpha value is -2.97. The van der Waals surface area contributed by atoms with Crippen molar-refractivity contribution in [3.05, 3.63) is 54.1 Å². The molecule has 3 aromatic rings. The lowest BCUT2D eigenvalue weighted by molar-refractivity contribution is -0.115. The van der Waals surface area contributed by atoms with Crippen LogP contribution in [0.5, 0.6) is 5.75 Å². The van der Waals surface area contributed by atoms with Crippen LogP contribution in [0.4, 0.5) is 10.8 Å². The van der Waals surface area contributed by atoms with Crippen molar-refractivity contribution in [3.8, 4) is 16.3 Å². The number of anilines is 2. The predicted octanol–water partition coefficient (Wildman–Crippen LogP) is 4.03. The molecule has 9 heteroatoms. The summed E-state index contributed by atoms with van der Waals surface area (Å²) in [4.78, 5) is 24.0. The lowest BCUT2D eigenvalue weighted by Crippen LogP contribution is -2.20. The smallest absolute Gasteiger partial charge is 0.257 e. The average molecular weight is 417 g/mol. The van der Waals surface area contributed by atoms with Gasteiger partial charge < -0.3 is 10.1 Å². The number of carbonyl (C=O) groups excluding carboxylic acids is 2. The van der Waals surface area contributed by atoms with E-state index in [2.05, 4.69) is 20.8 Å². The maximum absolute atomic E-state index is 12.4. The van der Waals surface area contributed by atoms with Crippen LogP contribution in [0.15, 0.2) is 48.5 Å². The lowest BCUT2D eigenvalue weighted by atomic mass is 10.2. The fourth-order valence-electron chi connectivity index (χ4n) is 2.24. The first-order chi connectivity index (χ1) is 13.5. The zero-order chi connectivity index (χ0) is 20.1. The zero-order valence-corrected chi connectivity index (χ0v) is 16.7. The number of carbonyl (C=O) groups is 2. The molecular formula is C19H17ClN4O3S. The molecule has 0 spiro atoms. The van der Waals surface area contributed by atoms with Crippen LogP contribution in [0, 0.1) is 0 Å². The minimum Gasteiger partial charge on any atom is -0.497 e. The molecule has 1 atom stereocenters. The van der Waals surface area contributed by atoms with Crippen molar-refractivity contribution in [2.24, 2.45) is 0 Å². The molecule has 1 heterocycles. The van der Waals surface area contributed by atoms with Crippen molar-refractivity contribution in [1.29, 1.82) is 0 Å². The highest BCUT2D eigenvalue weighted by Gasteiger charge is 2.13. The molecule has 2 N–H and O–H groups in total. The highest BCUT2D eigenvalue weighted by molar-refractivity contribution is 7.18. The number of alkyl halides is 1. The number of halogens is 1. The molecule has 0 aliphatic heterocycles. The van der Waals surface area contributed by atoms with Crippen molar-refractivity contribution < 1.29 is 14.3 Å². The Morgan fingerprint density at radius 3 is 2.32 bits per heavy atom. The van der Waals surface area contributed by atoms with Gasteiger partial charge in [0, 0.05) is 16.8 Å². The second-order valence-corrected chi connectivity index (χ2v) is 7.41. The minimum atomic E-state index is -0.639. The fourth-order valence-corrected chi connectivity index (χ4v) is 3.04. The Bertz CT molecular complexity index is 972. The van der Waals surface area contributed by atoms with Crippen LogP contribution in [0.1, 0.15) is 17.3 Å². The summed E-state index contributed by atoms with van der Waals surface area (Å²) in [5.74, 6) is 0.127. The predicted molar refractivity (Wildman–Crippen MR) is 110 cm³/mol. The van der Waals surface area contributed by atoms with Crippen LogP contribution < -0.4 is 15.4 Å². The van der Waals surface area contributed by atoms with Gasteiger partial charge in [0.2, 0.25) is 11.0 Å². The molecule has 0 fully saturated rings. The van der Waals surface area contributed by atoms with E-state index in [9.17, 15) is 9.59 Å². The van der Waals surface area contributed by atoms with Gasteiger partial charge >= 0.3 is 0 Å². The lowest BCUT2D eigenvalue weighted by Gasteiger charge is -2.07. The first kappa shape index (κ1) is 19.8. The van der Waals surface area contributed by atoms with Gasteiger partial charge in [-0.15, -0.1) is 21.8 Å². The molecule has 144 valence electrons. The molecule has 0 unspecified atom stereocenters. The third kappa shape index (κ3) is 4.85. The first-order valence-corrected chi connectivity index (χ1v) is 9.56. The number of amides is 2. The normalized spacial score (nSPS) is 11.5. The summed E-state index contributed by atoms with van der Waals surface area (Å²) < 4.78 is 5.13. The molecule has 0 aliphatic rings. The van der Waals surface area contributed by atoms with Gasteiger partial charge in [-0.1, -0.05) is 11.3 Å². The summed E-state index contributed by atoms with van der Waals surface area (Å²) in [7, 11) is 1.60. The van der Waals surface area contributed by atoms with Crippen molar-refractivity contribution >= 4 is 45.6 Å². The summed E-state index contributed by atoms with van der Waals surface area (Å²) >= 11 is 6.99. The number of nitrogens with zero attached hydrogens (tertiary/aromatic N) is 2. The van der Waals surface area contributed by atoms with E-state index in [4.69, 9.17) is 16.3 Å². The maximum Gasteiger partial charge on any atom is 0.257 e. The van der Waals surface area contributed by atoms with E-state index in [1.807, 2.05) is 24.3 Å². The number of hydrogen-bond acceptors (Lipinski definition) is 6. The molecule has 0 bridgehead atoms. The molecule has 2 amide bonds. The van der Waals surface area contributed by atoms with E-state index in [-0.39, 0.29) is 11.8 Å². The quantitative estimate of drug-likeness (QED) is 0.591. The van der Waals surface area contributed by atoms with Gasteiger partial charge in [0.15, 0.2) is 0 Å². The highest BCUT2D eigenvalue weighted by atomic mass is 35.5. The van der Waals surface area contributed by atoms with Crippen LogP contribution in [-0.2, 0) is 4.79 Å². The van der Waals surface area contributed by atoms with Crippen LogP contribution in [0.25, 0.3) is 10.6 Å². The third-order valence-corrected chi connectivity index (χ3v) is 4.84. The molecule has 0 saturated heterocycles. The zero-order valence-electron chi connectivity index (χ0n) is 15.1. The second kappa shape index (κ2) is 8.81. The molecule has 0 radical (unpaired) electrons. The van der Waals surface area contributed by atoms with Gasteiger partial charge in [-0.25, -0.2) is 0 Å². The number of ether oxygens (including phenoxy) is 1. The summed E-state index contributed by atoms with van der Waals surface area (Å²) in [5.41, 5.74) is 1.87. The van der Waals surface area contributed by atoms with Crippen molar-refractivity contribution in [2.45, 2.75) is 12.3 Å². The van der Waals surface area contributed by atoms with Gasteiger partial charge in [0.1, 0.15) is 16.1 Å². The Labute approximate surface area is 170 Å². The Morgan fingerprint density at radius 2 is 1.71 bits per heavy atom. The van der Waals surface area contributed by atoms with Gasteiger partial charge in [-0.2, -0.15) is 0 Å². The Balaban J connectivity index is 1.64. The molecule has 0 saturated carbocycles. The van der Waals surface area contributed by atoms with Crippen molar-refractivity contribution in [3.63, 3.8) is 0 Å². The molecule has 7 nitrogen and oxygen atoms in total. The highest BCUT2D eigenvalue weighted by Crippen LogP contribution is 2.28. The van der Waals surface area contributed by atoms with Crippen LogP contribution >= 0.6 is 22.9 Å². The van der Waals surface area contributed by atoms with Gasteiger partial charge in [-0.05, 0) is 55.5 Å².